The number of nitrogens with zero attached hydrogens (tertiary/aromatic N) is 2. The summed E-state index contributed by atoms with van der Waals surface area (Å²) in [5.41, 5.74) is 7.80. The average Bonchev–Trinajstić information content (AvgIpc) is 3.41. The molecule has 2 rings (SSSR count). The van der Waals surface area contributed by atoms with Crippen LogP contribution in [0.15, 0.2) is 29.3 Å². The summed E-state index contributed by atoms with van der Waals surface area (Å²) < 4.78 is 5.41. The van der Waals surface area contributed by atoms with E-state index in [2.05, 4.69) is 36.3 Å². The van der Waals surface area contributed by atoms with Crippen molar-refractivity contribution in [2.75, 3.05) is 13.6 Å². The number of carbonyl (C=O) groups excluding carboxylic acids is 1. The van der Waals surface area contributed by atoms with Crippen molar-refractivity contribution < 1.29 is 9.53 Å². The van der Waals surface area contributed by atoms with Crippen molar-refractivity contribution in [1.82, 2.24) is 10.2 Å². The standard InChI is InChI=1S/C21H34N4O2.HI/c1-14(2)15-7-9-16(10-8-15)18(24-20(26)27-21(3,4)5)13-23-19(22)25(6)17-11-12-17;/h7-10,14,17-18H,11-13H2,1-6H3,(H2,22,23)(H,24,26);1H. The zero-order valence-electron chi connectivity index (χ0n) is 17.9. The lowest BCUT2D eigenvalue weighted by Gasteiger charge is -2.24. The molecule has 1 saturated carbocycles. The number of amides is 1. The van der Waals surface area contributed by atoms with E-state index in [1.165, 1.54) is 5.56 Å². The number of rotatable bonds is 6. The normalized spacial score (nSPS) is 15.6. The highest BCUT2D eigenvalue weighted by atomic mass is 127. The van der Waals surface area contributed by atoms with E-state index in [9.17, 15) is 4.79 Å². The van der Waals surface area contributed by atoms with E-state index >= 15 is 0 Å². The lowest BCUT2D eigenvalue weighted by atomic mass is 9.99. The number of aliphatic imine (C=N–C) groups is 1. The van der Waals surface area contributed by atoms with Gasteiger partial charge in [0.2, 0.25) is 0 Å². The van der Waals surface area contributed by atoms with Gasteiger partial charge in [0.25, 0.3) is 0 Å². The molecule has 1 aliphatic carbocycles. The maximum absolute atomic E-state index is 12.3. The first-order valence-corrected chi connectivity index (χ1v) is 9.69. The highest BCUT2D eigenvalue weighted by Gasteiger charge is 2.27. The number of nitrogens with two attached hydrogens (primary N) is 1. The quantitative estimate of drug-likeness (QED) is 0.343. The second-order valence-corrected chi connectivity index (χ2v) is 8.56. The van der Waals surface area contributed by atoms with Crippen molar-refractivity contribution in [3.05, 3.63) is 35.4 Å². The molecule has 0 radical (unpaired) electrons. The molecular formula is C21H35IN4O2. The third kappa shape index (κ3) is 7.85. The van der Waals surface area contributed by atoms with Crippen LogP contribution in [0.4, 0.5) is 4.79 Å². The van der Waals surface area contributed by atoms with E-state index in [1.54, 1.807) is 0 Å². The Labute approximate surface area is 186 Å². The minimum Gasteiger partial charge on any atom is -0.444 e. The summed E-state index contributed by atoms with van der Waals surface area (Å²) in [7, 11) is 1.96. The molecule has 1 unspecified atom stereocenters. The summed E-state index contributed by atoms with van der Waals surface area (Å²) in [4.78, 5) is 18.8. The molecule has 1 aromatic carbocycles. The molecule has 158 valence electrons. The molecule has 3 N–H and O–H groups in total. The van der Waals surface area contributed by atoms with E-state index in [-0.39, 0.29) is 30.0 Å². The first-order valence-electron chi connectivity index (χ1n) is 9.69. The third-order valence-corrected chi connectivity index (χ3v) is 4.59. The van der Waals surface area contributed by atoms with Gasteiger partial charge in [0, 0.05) is 13.1 Å². The van der Waals surface area contributed by atoms with Gasteiger partial charge in [0.05, 0.1) is 12.6 Å². The van der Waals surface area contributed by atoms with Crippen molar-refractivity contribution in [2.24, 2.45) is 10.7 Å². The van der Waals surface area contributed by atoms with Gasteiger partial charge in [-0.05, 0) is 50.7 Å². The molecule has 0 saturated heterocycles. The van der Waals surface area contributed by atoms with Crippen molar-refractivity contribution in [1.29, 1.82) is 0 Å². The molecule has 1 atom stereocenters. The third-order valence-electron chi connectivity index (χ3n) is 4.59. The number of ether oxygens (including phenoxy) is 1. The van der Waals surface area contributed by atoms with Gasteiger partial charge < -0.3 is 20.7 Å². The second-order valence-electron chi connectivity index (χ2n) is 8.56. The Kier molecular flexibility index (Phi) is 9.04. The lowest BCUT2D eigenvalue weighted by Crippen LogP contribution is -2.38. The van der Waals surface area contributed by atoms with Crippen molar-refractivity contribution in [3.8, 4) is 0 Å². The molecule has 1 amide bonds. The van der Waals surface area contributed by atoms with Gasteiger partial charge in [0.15, 0.2) is 5.96 Å². The Morgan fingerprint density at radius 1 is 1.25 bits per heavy atom. The number of guanidine groups is 1. The van der Waals surface area contributed by atoms with Crippen LogP contribution in [0.2, 0.25) is 0 Å². The van der Waals surface area contributed by atoms with Crippen molar-refractivity contribution in [3.63, 3.8) is 0 Å². The number of alkyl carbamates (subject to hydrolysis) is 1. The zero-order valence-corrected chi connectivity index (χ0v) is 20.2. The highest BCUT2D eigenvalue weighted by molar-refractivity contribution is 14.0. The summed E-state index contributed by atoms with van der Waals surface area (Å²) in [6.07, 6.45) is 1.86. The van der Waals surface area contributed by atoms with Gasteiger partial charge in [0.1, 0.15) is 5.60 Å². The van der Waals surface area contributed by atoms with Crippen LogP contribution in [-0.2, 0) is 4.74 Å². The van der Waals surface area contributed by atoms with Crippen LogP contribution in [-0.4, -0.2) is 42.2 Å². The van der Waals surface area contributed by atoms with E-state index in [4.69, 9.17) is 10.5 Å². The minimum absolute atomic E-state index is 0. The number of hydrogen-bond donors (Lipinski definition) is 2. The van der Waals surface area contributed by atoms with Crippen LogP contribution in [0.5, 0.6) is 0 Å². The molecule has 7 heteroatoms. The van der Waals surface area contributed by atoms with Gasteiger partial charge in [-0.25, -0.2) is 4.79 Å². The first kappa shape index (κ1) is 24.5. The zero-order chi connectivity index (χ0) is 20.2. The smallest absolute Gasteiger partial charge is 0.408 e. The van der Waals surface area contributed by atoms with E-state index in [0.29, 0.717) is 24.5 Å². The van der Waals surface area contributed by atoms with Crippen LogP contribution >= 0.6 is 24.0 Å². The Morgan fingerprint density at radius 3 is 2.25 bits per heavy atom. The topological polar surface area (TPSA) is 80.0 Å². The maximum Gasteiger partial charge on any atom is 0.408 e. The summed E-state index contributed by atoms with van der Waals surface area (Å²) >= 11 is 0. The summed E-state index contributed by atoms with van der Waals surface area (Å²) in [6, 6.07) is 8.45. The summed E-state index contributed by atoms with van der Waals surface area (Å²) in [5.74, 6) is 0.962. The lowest BCUT2D eigenvalue weighted by molar-refractivity contribution is 0.0505. The summed E-state index contributed by atoms with van der Waals surface area (Å²) in [6.45, 7) is 10.2. The van der Waals surface area contributed by atoms with Crippen LogP contribution in [0.1, 0.15) is 70.5 Å². The molecule has 0 aromatic heterocycles. The fourth-order valence-corrected chi connectivity index (χ4v) is 2.74. The molecule has 6 nitrogen and oxygen atoms in total. The van der Waals surface area contributed by atoms with Crippen LogP contribution < -0.4 is 11.1 Å². The Morgan fingerprint density at radius 2 is 1.79 bits per heavy atom. The molecule has 0 spiro atoms. The number of hydrogen-bond acceptors (Lipinski definition) is 3. The Balaban J connectivity index is 0.00000392. The van der Waals surface area contributed by atoms with E-state index < -0.39 is 11.7 Å². The fourth-order valence-electron chi connectivity index (χ4n) is 2.74. The number of carbonyl (C=O) groups is 1. The largest absolute Gasteiger partial charge is 0.444 e. The Hall–Kier alpha value is -1.51. The number of halogens is 1. The van der Waals surface area contributed by atoms with Gasteiger partial charge in [-0.1, -0.05) is 38.1 Å². The van der Waals surface area contributed by atoms with Crippen LogP contribution in [0, 0.1) is 0 Å². The van der Waals surface area contributed by atoms with Gasteiger partial charge in [-0.2, -0.15) is 0 Å². The highest BCUT2D eigenvalue weighted by Crippen LogP contribution is 2.25. The van der Waals surface area contributed by atoms with E-state index in [1.807, 2.05) is 44.9 Å². The van der Waals surface area contributed by atoms with Crippen LogP contribution in [0.3, 0.4) is 0 Å². The molecule has 0 aliphatic heterocycles. The van der Waals surface area contributed by atoms with E-state index in [0.717, 1.165) is 18.4 Å². The predicted octanol–water partition coefficient (Wildman–Crippen LogP) is 4.40. The minimum atomic E-state index is -0.551. The molecule has 1 aliphatic rings. The fraction of sp³-hybridized carbons (Fsp3) is 0.619. The summed E-state index contributed by atoms with van der Waals surface area (Å²) in [5, 5.41) is 2.94. The molecule has 1 aromatic rings. The van der Waals surface area contributed by atoms with Crippen molar-refractivity contribution in [2.45, 2.75) is 71.1 Å². The molecule has 0 bridgehead atoms. The molecule has 1 fully saturated rings. The monoisotopic (exact) mass is 502 g/mol. The SMILES string of the molecule is CC(C)c1ccc(C(CN=C(N)N(C)C2CC2)NC(=O)OC(C)(C)C)cc1.I. The Bertz CT molecular complexity index is 664. The van der Waals surface area contributed by atoms with Gasteiger partial charge in [-0.3, -0.25) is 4.99 Å². The molecule has 28 heavy (non-hydrogen) atoms. The predicted molar refractivity (Wildman–Crippen MR) is 125 cm³/mol. The van der Waals surface area contributed by atoms with Crippen molar-refractivity contribution >= 4 is 36.0 Å². The second kappa shape index (κ2) is 10.3. The van der Waals surface area contributed by atoms with Gasteiger partial charge >= 0.3 is 6.09 Å². The van der Waals surface area contributed by atoms with Crippen LogP contribution in [0.25, 0.3) is 0 Å². The number of benzene rings is 1. The first-order chi connectivity index (χ1) is 12.6. The number of nitrogens with one attached hydrogen (secondary N) is 1. The van der Waals surface area contributed by atoms with Gasteiger partial charge in [-0.15, -0.1) is 24.0 Å². The molecule has 0 heterocycles. The average molecular weight is 502 g/mol. The molecular weight excluding hydrogens is 467 g/mol. The maximum atomic E-state index is 12.3.